The van der Waals surface area contributed by atoms with Crippen LogP contribution < -0.4 is 10.4 Å². The Morgan fingerprint density at radius 1 is 1.03 bits per heavy atom. The second kappa shape index (κ2) is 8.43. The van der Waals surface area contributed by atoms with Crippen molar-refractivity contribution in [3.05, 3.63) is 64.1 Å². The van der Waals surface area contributed by atoms with Gasteiger partial charge in [-0.2, -0.15) is 0 Å². The maximum atomic E-state index is 12.2. The van der Waals surface area contributed by atoms with Gasteiger partial charge in [0.25, 0.3) is 0 Å². The summed E-state index contributed by atoms with van der Waals surface area (Å²) in [6.45, 7) is 3.41. The number of rotatable bonds is 7. The van der Waals surface area contributed by atoms with Gasteiger partial charge in [-0.3, -0.25) is 14.0 Å². The first-order valence-corrected chi connectivity index (χ1v) is 10.2. The summed E-state index contributed by atoms with van der Waals surface area (Å²) >= 11 is 0. The molecule has 1 aliphatic rings. The van der Waals surface area contributed by atoms with Crippen LogP contribution in [0.2, 0.25) is 0 Å². The zero-order valence-electron chi connectivity index (χ0n) is 17.4. The third kappa shape index (κ3) is 4.23. The van der Waals surface area contributed by atoms with Crippen molar-refractivity contribution in [2.75, 3.05) is 20.3 Å². The first-order chi connectivity index (χ1) is 14.0. The Hall–Kier alpha value is -2.57. The second-order valence-electron chi connectivity index (χ2n) is 7.88. The number of benzene rings is 2. The summed E-state index contributed by atoms with van der Waals surface area (Å²) in [7, 11) is 5.33. The monoisotopic (exact) mass is 395 g/mol. The third-order valence-corrected chi connectivity index (χ3v) is 5.79. The van der Waals surface area contributed by atoms with Crippen molar-refractivity contribution < 1.29 is 9.47 Å². The van der Waals surface area contributed by atoms with E-state index in [4.69, 9.17) is 9.47 Å². The number of hydrogen-bond acceptors (Lipinski definition) is 4. The van der Waals surface area contributed by atoms with Gasteiger partial charge >= 0.3 is 5.69 Å². The van der Waals surface area contributed by atoms with Crippen LogP contribution in [0, 0.1) is 0 Å². The van der Waals surface area contributed by atoms with E-state index >= 15 is 0 Å². The Bertz CT molecular complexity index is 1030. The van der Waals surface area contributed by atoms with E-state index < -0.39 is 0 Å². The van der Waals surface area contributed by atoms with Gasteiger partial charge in [-0.1, -0.05) is 18.2 Å². The van der Waals surface area contributed by atoms with Gasteiger partial charge in [0, 0.05) is 40.3 Å². The van der Waals surface area contributed by atoms with E-state index in [1.165, 1.54) is 11.1 Å². The standard InChI is InChI=1S/C23H29N3O3/c1-24-21-11-8-18(13-22(21)25(2)23(24)27)15-26(16-20-5-4-12-29-20)14-17-6-9-19(28-3)10-7-17/h6-11,13,20H,4-5,12,14-16H2,1-3H3. The van der Waals surface area contributed by atoms with Gasteiger partial charge in [-0.05, 0) is 48.2 Å². The van der Waals surface area contributed by atoms with Crippen LogP contribution in [0.3, 0.4) is 0 Å². The number of hydrogen-bond donors (Lipinski definition) is 0. The van der Waals surface area contributed by atoms with Crippen molar-refractivity contribution in [3.8, 4) is 5.75 Å². The highest BCUT2D eigenvalue weighted by molar-refractivity contribution is 5.76. The van der Waals surface area contributed by atoms with Gasteiger partial charge in [0.2, 0.25) is 0 Å². The van der Waals surface area contributed by atoms with Crippen molar-refractivity contribution in [1.29, 1.82) is 0 Å². The molecule has 0 spiro atoms. The van der Waals surface area contributed by atoms with Crippen LogP contribution in [0.5, 0.6) is 5.75 Å². The molecule has 2 aromatic carbocycles. The molecular weight excluding hydrogens is 366 g/mol. The lowest BCUT2D eigenvalue weighted by atomic mass is 10.1. The van der Waals surface area contributed by atoms with Gasteiger partial charge in [0.05, 0.1) is 24.2 Å². The molecule has 0 N–H and O–H groups in total. The molecule has 1 atom stereocenters. The van der Waals surface area contributed by atoms with E-state index in [1.54, 1.807) is 16.2 Å². The molecule has 1 fully saturated rings. The summed E-state index contributed by atoms with van der Waals surface area (Å²) < 4.78 is 14.6. The van der Waals surface area contributed by atoms with E-state index in [0.717, 1.165) is 55.9 Å². The highest BCUT2D eigenvalue weighted by Gasteiger charge is 2.20. The van der Waals surface area contributed by atoms with E-state index in [1.807, 2.05) is 32.3 Å². The number of aromatic nitrogens is 2. The summed E-state index contributed by atoms with van der Waals surface area (Å²) in [5.74, 6) is 0.870. The molecule has 1 aromatic heterocycles. The predicted octanol–water partition coefficient (Wildman–Crippen LogP) is 3.07. The van der Waals surface area contributed by atoms with Gasteiger partial charge < -0.3 is 9.47 Å². The highest BCUT2D eigenvalue weighted by Crippen LogP contribution is 2.20. The summed E-state index contributed by atoms with van der Waals surface area (Å²) in [5.41, 5.74) is 4.38. The summed E-state index contributed by atoms with van der Waals surface area (Å²) in [4.78, 5) is 14.7. The van der Waals surface area contributed by atoms with Gasteiger partial charge in [-0.25, -0.2) is 4.79 Å². The minimum Gasteiger partial charge on any atom is -0.497 e. The molecule has 154 valence electrons. The molecule has 0 radical (unpaired) electrons. The number of methoxy groups -OCH3 is 1. The largest absolute Gasteiger partial charge is 0.497 e. The smallest absolute Gasteiger partial charge is 0.328 e. The molecular formula is C23H29N3O3. The number of ether oxygens (including phenoxy) is 2. The van der Waals surface area contributed by atoms with Crippen LogP contribution in [0.1, 0.15) is 24.0 Å². The topological polar surface area (TPSA) is 48.6 Å². The summed E-state index contributed by atoms with van der Waals surface area (Å²) in [6.07, 6.45) is 2.54. The summed E-state index contributed by atoms with van der Waals surface area (Å²) in [5, 5.41) is 0. The molecule has 0 saturated carbocycles. The molecule has 29 heavy (non-hydrogen) atoms. The average Bonchev–Trinajstić information content (AvgIpc) is 3.32. The fourth-order valence-corrected chi connectivity index (χ4v) is 4.16. The molecule has 1 saturated heterocycles. The minimum atomic E-state index is 0.00611. The number of aryl methyl sites for hydroxylation is 2. The molecule has 0 aliphatic carbocycles. The van der Waals surface area contributed by atoms with Crippen molar-refractivity contribution in [1.82, 2.24) is 14.0 Å². The Labute approximate surface area is 171 Å². The molecule has 1 unspecified atom stereocenters. The number of imidazole rings is 1. The quantitative estimate of drug-likeness (QED) is 0.617. The number of fused-ring (bicyclic) bond motifs is 1. The highest BCUT2D eigenvalue weighted by atomic mass is 16.5. The van der Waals surface area contributed by atoms with Gasteiger partial charge in [0.1, 0.15) is 5.75 Å². The van der Waals surface area contributed by atoms with Crippen LogP contribution in [0.4, 0.5) is 0 Å². The van der Waals surface area contributed by atoms with Crippen LogP contribution in [0.15, 0.2) is 47.3 Å². The zero-order valence-corrected chi connectivity index (χ0v) is 17.4. The van der Waals surface area contributed by atoms with Crippen LogP contribution in [-0.4, -0.2) is 40.4 Å². The predicted molar refractivity (Wildman–Crippen MR) is 114 cm³/mol. The average molecular weight is 396 g/mol. The van der Waals surface area contributed by atoms with E-state index in [2.05, 4.69) is 29.2 Å². The normalized spacial score (nSPS) is 16.8. The second-order valence-corrected chi connectivity index (χ2v) is 7.88. The maximum Gasteiger partial charge on any atom is 0.328 e. The maximum absolute atomic E-state index is 12.2. The summed E-state index contributed by atoms with van der Waals surface area (Å²) in [6, 6.07) is 14.5. The van der Waals surface area contributed by atoms with Crippen molar-refractivity contribution in [2.24, 2.45) is 14.1 Å². The van der Waals surface area contributed by atoms with Crippen LogP contribution in [-0.2, 0) is 31.9 Å². The van der Waals surface area contributed by atoms with Crippen molar-refractivity contribution >= 4 is 11.0 Å². The molecule has 6 nitrogen and oxygen atoms in total. The van der Waals surface area contributed by atoms with Gasteiger partial charge in [0.15, 0.2) is 0 Å². The molecule has 1 aliphatic heterocycles. The Morgan fingerprint density at radius 2 is 1.72 bits per heavy atom. The SMILES string of the molecule is COc1ccc(CN(Cc2ccc3c(c2)n(C)c(=O)n3C)CC2CCCO2)cc1. The van der Waals surface area contributed by atoms with Crippen molar-refractivity contribution in [2.45, 2.75) is 32.0 Å². The zero-order chi connectivity index (χ0) is 20.4. The molecule has 2 heterocycles. The lowest BCUT2D eigenvalue weighted by molar-refractivity contribution is 0.0679. The Kier molecular flexibility index (Phi) is 5.74. The lowest BCUT2D eigenvalue weighted by Gasteiger charge is -2.25. The Balaban J connectivity index is 1.57. The van der Waals surface area contributed by atoms with Crippen LogP contribution >= 0.6 is 0 Å². The van der Waals surface area contributed by atoms with E-state index in [0.29, 0.717) is 0 Å². The minimum absolute atomic E-state index is 0.00611. The van der Waals surface area contributed by atoms with E-state index in [-0.39, 0.29) is 11.8 Å². The first-order valence-electron chi connectivity index (χ1n) is 10.2. The molecule has 4 rings (SSSR count). The fraction of sp³-hybridized carbons (Fsp3) is 0.435. The molecule has 6 heteroatoms. The van der Waals surface area contributed by atoms with Gasteiger partial charge in [-0.15, -0.1) is 0 Å². The lowest BCUT2D eigenvalue weighted by Crippen LogP contribution is -2.31. The Morgan fingerprint density at radius 3 is 2.41 bits per heavy atom. The number of nitrogens with zero attached hydrogens (tertiary/aromatic N) is 3. The van der Waals surface area contributed by atoms with Crippen LogP contribution in [0.25, 0.3) is 11.0 Å². The fourth-order valence-electron chi connectivity index (χ4n) is 4.16. The molecule has 3 aromatic rings. The molecule has 0 bridgehead atoms. The van der Waals surface area contributed by atoms with E-state index in [9.17, 15) is 4.79 Å². The molecule has 0 amide bonds. The first kappa shape index (κ1) is 19.7. The third-order valence-electron chi connectivity index (χ3n) is 5.79. The van der Waals surface area contributed by atoms with Crippen molar-refractivity contribution in [3.63, 3.8) is 0 Å².